The second-order valence-electron chi connectivity index (χ2n) is 9.04. The van der Waals surface area contributed by atoms with Crippen LogP contribution in [-0.4, -0.2) is 66.3 Å². The Morgan fingerprint density at radius 1 is 1.16 bits per heavy atom. The van der Waals surface area contributed by atoms with Crippen LogP contribution in [0.2, 0.25) is 0 Å². The number of aromatic amines is 1. The molecular formula is C25H28F3N7O2. The highest BCUT2D eigenvalue weighted by Crippen LogP contribution is 2.36. The summed E-state index contributed by atoms with van der Waals surface area (Å²) < 4.78 is 46.6. The van der Waals surface area contributed by atoms with Gasteiger partial charge in [-0.2, -0.15) is 13.2 Å². The summed E-state index contributed by atoms with van der Waals surface area (Å²) in [4.78, 5) is 25.9. The van der Waals surface area contributed by atoms with Crippen LogP contribution in [0.25, 0.3) is 11.3 Å². The van der Waals surface area contributed by atoms with Crippen LogP contribution in [0.1, 0.15) is 28.9 Å². The first-order valence-electron chi connectivity index (χ1n) is 12.2. The van der Waals surface area contributed by atoms with Crippen molar-refractivity contribution in [3.05, 3.63) is 54.0 Å². The number of hydrogen-bond acceptors (Lipinski definition) is 7. The molecule has 0 saturated carbocycles. The third kappa shape index (κ3) is 6.03. The fourth-order valence-corrected chi connectivity index (χ4v) is 4.47. The molecule has 2 saturated heterocycles. The van der Waals surface area contributed by atoms with E-state index in [-0.39, 0.29) is 28.9 Å². The van der Waals surface area contributed by atoms with Gasteiger partial charge in [-0.05, 0) is 49.7 Å². The molecule has 196 valence electrons. The molecule has 0 bridgehead atoms. The van der Waals surface area contributed by atoms with E-state index in [1.165, 1.54) is 12.3 Å². The van der Waals surface area contributed by atoms with E-state index in [0.717, 1.165) is 44.4 Å². The largest absolute Gasteiger partial charge is 0.419 e. The number of aromatic nitrogens is 3. The highest BCUT2D eigenvalue weighted by atomic mass is 19.4. The fraction of sp³-hybridized carbons (Fsp3) is 0.400. The molecule has 1 amide bonds. The van der Waals surface area contributed by atoms with Gasteiger partial charge in [-0.25, -0.2) is 9.97 Å². The minimum absolute atomic E-state index is 0.0283. The van der Waals surface area contributed by atoms with Crippen molar-refractivity contribution in [1.29, 1.82) is 0 Å². The molecule has 1 atom stereocenters. The van der Waals surface area contributed by atoms with Gasteiger partial charge in [0.15, 0.2) is 0 Å². The van der Waals surface area contributed by atoms with Crippen LogP contribution < -0.4 is 20.9 Å². The zero-order valence-corrected chi connectivity index (χ0v) is 20.1. The number of carbonyl (C=O) groups is 1. The number of carbonyl (C=O) groups excluding carboxylic acids is 1. The Morgan fingerprint density at radius 2 is 1.95 bits per heavy atom. The number of H-pyrrole nitrogens is 1. The third-order valence-electron chi connectivity index (χ3n) is 6.43. The van der Waals surface area contributed by atoms with Crippen molar-refractivity contribution in [3.63, 3.8) is 0 Å². The van der Waals surface area contributed by atoms with Crippen LogP contribution in [0.4, 0.5) is 30.5 Å². The average Bonchev–Trinajstić information content (AvgIpc) is 3.40. The van der Waals surface area contributed by atoms with Crippen molar-refractivity contribution in [3.8, 4) is 11.3 Å². The van der Waals surface area contributed by atoms with E-state index in [2.05, 4.69) is 35.8 Å². The topological polar surface area (TPSA) is 107 Å². The van der Waals surface area contributed by atoms with E-state index >= 15 is 0 Å². The first kappa shape index (κ1) is 25.0. The molecule has 0 spiro atoms. The van der Waals surface area contributed by atoms with Gasteiger partial charge in [0.25, 0.3) is 5.91 Å². The van der Waals surface area contributed by atoms with Crippen LogP contribution in [0, 0.1) is 0 Å². The van der Waals surface area contributed by atoms with Gasteiger partial charge in [-0.15, -0.1) is 0 Å². The van der Waals surface area contributed by atoms with Gasteiger partial charge in [-0.3, -0.25) is 4.79 Å². The van der Waals surface area contributed by atoms with Gasteiger partial charge in [0.05, 0.1) is 18.9 Å². The van der Waals surface area contributed by atoms with Crippen LogP contribution >= 0.6 is 0 Å². The number of morpholine rings is 1. The highest BCUT2D eigenvalue weighted by molar-refractivity contribution is 6.03. The number of amides is 1. The molecule has 9 nitrogen and oxygen atoms in total. The van der Waals surface area contributed by atoms with Crippen molar-refractivity contribution < 1.29 is 22.7 Å². The maximum absolute atomic E-state index is 13.7. The Kier molecular flexibility index (Phi) is 7.28. The highest BCUT2D eigenvalue weighted by Gasteiger charge is 2.36. The number of alkyl halides is 3. The van der Waals surface area contributed by atoms with Gasteiger partial charge in [0.2, 0.25) is 5.95 Å². The van der Waals surface area contributed by atoms with Gasteiger partial charge in [-0.1, -0.05) is 0 Å². The van der Waals surface area contributed by atoms with Gasteiger partial charge < -0.3 is 30.6 Å². The Balaban J connectivity index is 1.32. The number of anilines is 3. The van der Waals surface area contributed by atoms with Crippen molar-refractivity contribution in [2.24, 2.45) is 0 Å². The van der Waals surface area contributed by atoms with E-state index in [1.807, 2.05) is 12.1 Å². The lowest BCUT2D eigenvalue weighted by Gasteiger charge is -2.28. The van der Waals surface area contributed by atoms with E-state index in [0.29, 0.717) is 25.4 Å². The van der Waals surface area contributed by atoms with Crippen molar-refractivity contribution >= 4 is 23.2 Å². The molecule has 1 aromatic carbocycles. The summed E-state index contributed by atoms with van der Waals surface area (Å²) in [5, 5.41) is 9.12. The molecule has 0 radical (unpaired) electrons. The number of halogens is 3. The van der Waals surface area contributed by atoms with Crippen molar-refractivity contribution in [1.82, 2.24) is 20.3 Å². The number of hydrogen-bond donors (Lipinski definition) is 4. The predicted octanol–water partition coefficient (Wildman–Crippen LogP) is 3.74. The summed E-state index contributed by atoms with van der Waals surface area (Å²) in [5.74, 6) is -0.358. The monoisotopic (exact) mass is 515 g/mol. The normalized spacial score (nSPS) is 18.5. The minimum Gasteiger partial charge on any atom is -0.378 e. The number of nitrogens with zero attached hydrogens (tertiary/aromatic N) is 3. The van der Waals surface area contributed by atoms with E-state index in [4.69, 9.17) is 4.74 Å². The summed E-state index contributed by atoms with van der Waals surface area (Å²) in [5.41, 5.74) is 0.602. The smallest absolute Gasteiger partial charge is 0.378 e. The molecule has 12 heteroatoms. The molecule has 1 unspecified atom stereocenters. The maximum atomic E-state index is 13.7. The zero-order chi connectivity index (χ0) is 25.8. The molecule has 0 aliphatic carbocycles. The summed E-state index contributed by atoms with van der Waals surface area (Å²) in [6.07, 6.45) is -0.697. The first-order chi connectivity index (χ1) is 17.9. The maximum Gasteiger partial charge on any atom is 0.419 e. The molecule has 3 aromatic rings. The van der Waals surface area contributed by atoms with Crippen LogP contribution in [0.15, 0.2) is 42.7 Å². The number of piperidine rings is 1. The van der Waals surface area contributed by atoms with Crippen molar-refractivity contribution in [2.75, 3.05) is 54.9 Å². The summed E-state index contributed by atoms with van der Waals surface area (Å²) in [6.45, 7) is 4.53. The lowest BCUT2D eigenvalue weighted by Crippen LogP contribution is -2.38. The van der Waals surface area contributed by atoms with Gasteiger partial charge in [0.1, 0.15) is 11.3 Å². The number of rotatable bonds is 6. The SMILES string of the molecule is O=C(Nc1ccc(N2CCOCC2)cc1)c1cc(-c2nc(NC3CCCNC3)ncc2C(F)(F)F)c[nH]1. The Bertz CT molecular complexity index is 1220. The van der Waals surface area contributed by atoms with Gasteiger partial charge >= 0.3 is 6.18 Å². The molecule has 2 aromatic heterocycles. The second kappa shape index (κ2) is 10.8. The summed E-state index contributed by atoms with van der Waals surface area (Å²) in [6, 6.07) is 8.79. The minimum atomic E-state index is -4.65. The molecule has 2 aliphatic rings. The van der Waals surface area contributed by atoms with Crippen LogP contribution in [0.3, 0.4) is 0 Å². The molecule has 2 fully saturated rings. The zero-order valence-electron chi connectivity index (χ0n) is 20.1. The van der Waals surface area contributed by atoms with Crippen LogP contribution in [-0.2, 0) is 10.9 Å². The molecule has 4 N–H and O–H groups in total. The molecule has 2 aliphatic heterocycles. The third-order valence-corrected chi connectivity index (χ3v) is 6.43. The van der Waals surface area contributed by atoms with E-state index in [9.17, 15) is 18.0 Å². The molecule has 5 rings (SSSR count). The quantitative estimate of drug-likeness (QED) is 0.396. The number of benzene rings is 1. The summed E-state index contributed by atoms with van der Waals surface area (Å²) in [7, 11) is 0. The molecular weight excluding hydrogens is 487 g/mol. The molecule has 37 heavy (non-hydrogen) atoms. The Labute approximate surface area is 211 Å². The first-order valence-corrected chi connectivity index (χ1v) is 12.2. The standard InChI is InChI=1S/C25H28F3N7O2/c26-25(27,28)20-15-31-24(33-18-2-1-7-29-14-18)34-22(20)16-12-21(30-13-16)23(36)32-17-3-5-19(6-4-17)35-8-10-37-11-9-35/h3-6,12-13,15,18,29-30H,1-2,7-11,14H2,(H,32,36)(H,31,33,34). The lowest BCUT2D eigenvalue weighted by atomic mass is 10.1. The fourth-order valence-electron chi connectivity index (χ4n) is 4.47. The van der Waals surface area contributed by atoms with Gasteiger partial charge in [0, 0.05) is 55.0 Å². The number of ether oxygens (including phenoxy) is 1. The number of nitrogens with one attached hydrogen (secondary N) is 4. The van der Waals surface area contributed by atoms with E-state index < -0.39 is 17.6 Å². The molecule has 4 heterocycles. The second-order valence-corrected chi connectivity index (χ2v) is 9.04. The van der Waals surface area contributed by atoms with Crippen molar-refractivity contribution in [2.45, 2.75) is 25.1 Å². The Hall–Kier alpha value is -3.64. The lowest BCUT2D eigenvalue weighted by molar-refractivity contribution is -0.137. The average molecular weight is 516 g/mol. The summed E-state index contributed by atoms with van der Waals surface area (Å²) >= 11 is 0. The Morgan fingerprint density at radius 3 is 2.65 bits per heavy atom. The van der Waals surface area contributed by atoms with Crippen LogP contribution in [0.5, 0.6) is 0 Å². The predicted molar refractivity (Wildman–Crippen MR) is 134 cm³/mol. The van der Waals surface area contributed by atoms with E-state index in [1.54, 1.807) is 12.1 Å².